The molecule has 0 aromatic rings. The molecular formula is C10H17F3N2O. The molecule has 3 nitrogen and oxygen atoms in total. The first kappa shape index (κ1) is 13.4. The number of rotatable bonds is 1. The van der Waals surface area contributed by atoms with Gasteiger partial charge in [-0.05, 0) is 0 Å². The molecule has 1 saturated heterocycles. The quantitative estimate of drug-likeness (QED) is 0.753. The summed E-state index contributed by atoms with van der Waals surface area (Å²) in [4.78, 5) is 11.9. The molecule has 0 radical (unpaired) electrons. The van der Waals surface area contributed by atoms with E-state index in [2.05, 4.69) is 5.43 Å². The average molecular weight is 238 g/mol. The third-order valence-corrected chi connectivity index (χ3v) is 2.77. The highest BCUT2D eigenvalue weighted by atomic mass is 19.4. The molecule has 0 aromatic carbocycles. The summed E-state index contributed by atoms with van der Waals surface area (Å²) in [7, 11) is 1.31. The Bertz CT molecular complexity index is 283. The predicted octanol–water partition coefficient (Wildman–Crippen LogP) is 1.60. The fraction of sp³-hybridized carbons (Fsp3) is 0.900. The summed E-state index contributed by atoms with van der Waals surface area (Å²) < 4.78 is 38.3. The first-order valence-corrected chi connectivity index (χ1v) is 5.12. The predicted molar refractivity (Wildman–Crippen MR) is 53.6 cm³/mol. The van der Waals surface area contributed by atoms with E-state index in [1.54, 1.807) is 20.8 Å². The van der Waals surface area contributed by atoms with Gasteiger partial charge >= 0.3 is 6.18 Å². The summed E-state index contributed by atoms with van der Waals surface area (Å²) in [5, 5.41) is 0.980. The van der Waals surface area contributed by atoms with Gasteiger partial charge in [0.15, 0.2) is 0 Å². The van der Waals surface area contributed by atoms with Crippen molar-refractivity contribution in [3.05, 3.63) is 0 Å². The van der Waals surface area contributed by atoms with Gasteiger partial charge in [-0.15, -0.1) is 0 Å². The number of carbonyl (C=O) groups is 1. The van der Waals surface area contributed by atoms with E-state index < -0.39 is 23.6 Å². The summed E-state index contributed by atoms with van der Waals surface area (Å²) >= 11 is 0. The highest BCUT2D eigenvalue weighted by Crippen LogP contribution is 2.35. The van der Waals surface area contributed by atoms with Crippen LogP contribution in [0.3, 0.4) is 0 Å². The maximum absolute atomic E-state index is 12.8. The first-order valence-electron chi connectivity index (χ1n) is 5.12. The van der Waals surface area contributed by atoms with Crippen LogP contribution in [0.4, 0.5) is 13.2 Å². The molecule has 1 rings (SSSR count). The van der Waals surface area contributed by atoms with Gasteiger partial charge in [-0.2, -0.15) is 13.2 Å². The van der Waals surface area contributed by atoms with Crippen LogP contribution in [0.2, 0.25) is 0 Å². The summed E-state index contributed by atoms with van der Waals surface area (Å²) in [6, 6.07) is -1.72. The van der Waals surface area contributed by atoms with E-state index in [1.165, 1.54) is 7.05 Å². The van der Waals surface area contributed by atoms with E-state index in [-0.39, 0.29) is 12.3 Å². The van der Waals surface area contributed by atoms with Gasteiger partial charge in [0.05, 0.1) is 5.92 Å². The average Bonchev–Trinajstić information content (AvgIpc) is 2.42. The van der Waals surface area contributed by atoms with Crippen molar-refractivity contribution in [3.8, 4) is 0 Å². The van der Waals surface area contributed by atoms with E-state index in [4.69, 9.17) is 0 Å². The van der Waals surface area contributed by atoms with Crippen LogP contribution in [0.1, 0.15) is 20.8 Å². The lowest BCUT2D eigenvalue weighted by molar-refractivity contribution is -0.188. The molecule has 0 aromatic heterocycles. The van der Waals surface area contributed by atoms with Gasteiger partial charge in [-0.1, -0.05) is 20.8 Å². The van der Waals surface area contributed by atoms with Crippen molar-refractivity contribution >= 4 is 5.78 Å². The van der Waals surface area contributed by atoms with E-state index in [0.717, 1.165) is 5.01 Å². The molecule has 0 bridgehead atoms. The number of Topliss-reactive ketones (excluding diaryl/α,β-unsaturated/α-hetero) is 1. The maximum atomic E-state index is 12.8. The minimum Gasteiger partial charge on any atom is -0.299 e. The summed E-state index contributed by atoms with van der Waals surface area (Å²) in [6.45, 7) is 4.97. The highest BCUT2D eigenvalue weighted by molar-refractivity contribution is 5.87. The van der Waals surface area contributed by atoms with Crippen molar-refractivity contribution in [2.45, 2.75) is 33.0 Å². The Hall–Kier alpha value is -0.620. The highest BCUT2D eigenvalue weighted by Gasteiger charge is 2.54. The van der Waals surface area contributed by atoms with Crippen LogP contribution in [-0.2, 0) is 4.79 Å². The third-order valence-electron chi connectivity index (χ3n) is 2.77. The molecule has 6 heteroatoms. The number of halogens is 3. The number of nitrogens with zero attached hydrogens (tertiary/aromatic N) is 1. The monoisotopic (exact) mass is 238 g/mol. The molecule has 94 valence electrons. The van der Waals surface area contributed by atoms with Crippen molar-refractivity contribution in [3.63, 3.8) is 0 Å². The van der Waals surface area contributed by atoms with Gasteiger partial charge in [0.2, 0.25) is 0 Å². The smallest absolute Gasteiger partial charge is 0.299 e. The zero-order valence-corrected chi connectivity index (χ0v) is 9.85. The molecule has 1 N–H and O–H groups in total. The van der Waals surface area contributed by atoms with Gasteiger partial charge < -0.3 is 0 Å². The molecule has 16 heavy (non-hydrogen) atoms. The molecule has 1 fully saturated rings. The zero-order chi connectivity index (χ0) is 12.7. The van der Waals surface area contributed by atoms with Crippen molar-refractivity contribution in [1.82, 2.24) is 10.4 Å². The Balaban J connectivity index is 2.93. The summed E-state index contributed by atoms with van der Waals surface area (Å²) in [5.41, 5.74) is 1.82. The number of alkyl halides is 3. The molecule has 1 aliphatic rings. The zero-order valence-electron chi connectivity index (χ0n) is 9.85. The fourth-order valence-corrected chi connectivity index (χ4v) is 1.96. The molecule has 0 saturated carbocycles. The molecule has 0 spiro atoms. The number of hydrogen-bond acceptors (Lipinski definition) is 3. The largest absolute Gasteiger partial charge is 0.406 e. The Morgan fingerprint density at radius 3 is 2.19 bits per heavy atom. The van der Waals surface area contributed by atoms with Gasteiger partial charge in [0.1, 0.15) is 11.8 Å². The lowest BCUT2D eigenvalue weighted by atomic mass is 9.80. The summed E-state index contributed by atoms with van der Waals surface area (Å²) in [5.74, 6) is -1.38. The van der Waals surface area contributed by atoms with E-state index in [0.29, 0.717) is 0 Å². The molecule has 2 unspecified atom stereocenters. The fourth-order valence-electron chi connectivity index (χ4n) is 1.96. The molecule has 0 amide bonds. The second-order valence-corrected chi connectivity index (χ2v) is 5.18. The van der Waals surface area contributed by atoms with Crippen molar-refractivity contribution < 1.29 is 18.0 Å². The van der Waals surface area contributed by atoms with Crippen molar-refractivity contribution in [2.24, 2.45) is 11.3 Å². The van der Waals surface area contributed by atoms with Gasteiger partial charge in [-0.25, -0.2) is 5.01 Å². The first-order chi connectivity index (χ1) is 7.05. The van der Waals surface area contributed by atoms with E-state index in [1.807, 2.05) is 0 Å². The second kappa shape index (κ2) is 4.00. The van der Waals surface area contributed by atoms with Crippen molar-refractivity contribution in [2.75, 3.05) is 13.6 Å². The van der Waals surface area contributed by atoms with Crippen LogP contribution in [0, 0.1) is 11.3 Å². The molecule has 1 aliphatic heterocycles. The number of hydrogen-bond donors (Lipinski definition) is 1. The molecular weight excluding hydrogens is 221 g/mol. The van der Waals surface area contributed by atoms with Gasteiger partial charge in [0.25, 0.3) is 0 Å². The normalized spacial score (nSPS) is 28.4. The SMILES string of the molecule is CN1NCC(C(=O)C(C)(C)C)C1C(F)(F)F. The molecule has 0 aliphatic carbocycles. The lowest BCUT2D eigenvalue weighted by Gasteiger charge is -2.29. The van der Waals surface area contributed by atoms with Crippen LogP contribution < -0.4 is 5.43 Å². The van der Waals surface area contributed by atoms with E-state index in [9.17, 15) is 18.0 Å². The number of nitrogens with one attached hydrogen (secondary N) is 1. The Morgan fingerprint density at radius 2 is 1.81 bits per heavy atom. The Morgan fingerprint density at radius 1 is 1.31 bits per heavy atom. The van der Waals surface area contributed by atoms with Crippen LogP contribution >= 0.6 is 0 Å². The molecule has 1 heterocycles. The standard InChI is InChI=1S/C10H17F3N2O/c1-9(2,3)8(16)6-5-14-15(4)7(6)10(11,12)13/h6-7,14H,5H2,1-4H3. The number of carbonyl (C=O) groups excluding carboxylic acids is 1. The van der Waals surface area contributed by atoms with E-state index >= 15 is 0 Å². The summed E-state index contributed by atoms with van der Waals surface area (Å²) in [6.07, 6.45) is -4.39. The second-order valence-electron chi connectivity index (χ2n) is 5.18. The Kier molecular flexibility index (Phi) is 3.36. The molecule has 2 atom stereocenters. The number of hydrazine groups is 1. The Labute approximate surface area is 93.0 Å². The minimum absolute atomic E-state index is 0.0524. The lowest BCUT2D eigenvalue weighted by Crippen LogP contribution is -2.48. The maximum Gasteiger partial charge on any atom is 0.406 e. The van der Waals surface area contributed by atoms with Crippen LogP contribution in [0.15, 0.2) is 0 Å². The van der Waals surface area contributed by atoms with Crippen molar-refractivity contribution in [1.29, 1.82) is 0 Å². The van der Waals surface area contributed by atoms with Gasteiger partial charge in [-0.3, -0.25) is 10.2 Å². The van der Waals surface area contributed by atoms with Crippen LogP contribution in [0.25, 0.3) is 0 Å². The van der Waals surface area contributed by atoms with Gasteiger partial charge in [0, 0.05) is 19.0 Å². The van der Waals surface area contributed by atoms with Crippen LogP contribution in [0.5, 0.6) is 0 Å². The third kappa shape index (κ3) is 2.55. The van der Waals surface area contributed by atoms with Crippen LogP contribution in [-0.4, -0.2) is 36.6 Å². The topological polar surface area (TPSA) is 32.3 Å². The minimum atomic E-state index is -4.39. The number of ketones is 1.